The van der Waals surface area contributed by atoms with Crippen molar-refractivity contribution in [2.75, 3.05) is 0 Å². The number of hydrogen-bond donors (Lipinski definition) is 0. The van der Waals surface area contributed by atoms with Crippen LogP contribution < -0.4 is 0 Å². The van der Waals surface area contributed by atoms with Crippen LogP contribution in [0.2, 0.25) is 0 Å². The van der Waals surface area contributed by atoms with E-state index in [9.17, 15) is 0 Å². The SMILES string of the molecule is c1ccc(-c2nc(-c3nccc4ccccc34)nc3ccccc23)cc1. The van der Waals surface area contributed by atoms with Crippen molar-refractivity contribution in [3.05, 3.63) is 91.1 Å². The van der Waals surface area contributed by atoms with Crippen molar-refractivity contribution >= 4 is 21.7 Å². The highest BCUT2D eigenvalue weighted by molar-refractivity contribution is 5.97. The largest absolute Gasteiger partial charge is 0.252 e. The fourth-order valence-corrected chi connectivity index (χ4v) is 3.30. The highest BCUT2D eigenvalue weighted by Crippen LogP contribution is 2.30. The van der Waals surface area contributed by atoms with Crippen molar-refractivity contribution in [1.29, 1.82) is 0 Å². The molecule has 5 aromatic rings. The van der Waals surface area contributed by atoms with Gasteiger partial charge >= 0.3 is 0 Å². The second-order valence-corrected chi connectivity index (χ2v) is 6.16. The summed E-state index contributed by atoms with van der Waals surface area (Å²) < 4.78 is 0. The summed E-state index contributed by atoms with van der Waals surface area (Å²) in [6.07, 6.45) is 1.82. The molecular weight excluding hydrogens is 318 g/mol. The first-order valence-electron chi connectivity index (χ1n) is 8.56. The number of nitrogens with zero attached hydrogens (tertiary/aromatic N) is 3. The van der Waals surface area contributed by atoms with Crippen molar-refractivity contribution in [1.82, 2.24) is 15.0 Å². The number of fused-ring (bicyclic) bond motifs is 2. The van der Waals surface area contributed by atoms with Gasteiger partial charge in [0.25, 0.3) is 0 Å². The van der Waals surface area contributed by atoms with E-state index in [0.29, 0.717) is 5.82 Å². The van der Waals surface area contributed by atoms with Crippen LogP contribution in [0.4, 0.5) is 0 Å². The van der Waals surface area contributed by atoms with Crippen LogP contribution in [0.1, 0.15) is 0 Å². The average Bonchev–Trinajstić information content (AvgIpc) is 2.73. The Morgan fingerprint density at radius 2 is 1.27 bits per heavy atom. The lowest BCUT2D eigenvalue weighted by Crippen LogP contribution is -1.97. The maximum atomic E-state index is 4.92. The normalized spacial score (nSPS) is 11.1. The van der Waals surface area contributed by atoms with Gasteiger partial charge in [-0.3, -0.25) is 4.98 Å². The van der Waals surface area contributed by atoms with Crippen molar-refractivity contribution in [2.24, 2.45) is 0 Å². The van der Waals surface area contributed by atoms with Gasteiger partial charge in [-0.25, -0.2) is 9.97 Å². The van der Waals surface area contributed by atoms with E-state index in [1.54, 1.807) is 0 Å². The summed E-state index contributed by atoms with van der Waals surface area (Å²) in [6, 6.07) is 28.6. The van der Waals surface area contributed by atoms with Gasteiger partial charge in [-0.15, -0.1) is 0 Å². The molecule has 26 heavy (non-hydrogen) atoms. The van der Waals surface area contributed by atoms with Crippen molar-refractivity contribution in [3.8, 4) is 22.8 Å². The van der Waals surface area contributed by atoms with Crippen LogP contribution in [0.25, 0.3) is 44.5 Å². The van der Waals surface area contributed by atoms with E-state index in [1.165, 1.54) is 0 Å². The minimum atomic E-state index is 0.652. The summed E-state index contributed by atoms with van der Waals surface area (Å²) in [7, 11) is 0. The van der Waals surface area contributed by atoms with Crippen LogP contribution in [-0.2, 0) is 0 Å². The molecule has 3 heteroatoms. The quantitative estimate of drug-likeness (QED) is 0.427. The highest BCUT2D eigenvalue weighted by atomic mass is 14.9. The van der Waals surface area contributed by atoms with Crippen LogP contribution in [0.3, 0.4) is 0 Å². The van der Waals surface area contributed by atoms with Gasteiger partial charge in [0.05, 0.1) is 11.2 Å². The molecule has 0 unspecified atom stereocenters. The number of rotatable bonds is 2. The second-order valence-electron chi connectivity index (χ2n) is 6.16. The lowest BCUT2D eigenvalue weighted by Gasteiger charge is -2.10. The first kappa shape index (κ1) is 14.7. The summed E-state index contributed by atoms with van der Waals surface area (Å²) in [5.41, 5.74) is 3.74. The Morgan fingerprint density at radius 1 is 0.538 bits per heavy atom. The second kappa shape index (κ2) is 6.05. The summed E-state index contributed by atoms with van der Waals surface area (Å²) in [4.78, 5) is 14.3. The molecule has 0 aliphatic rings. The number of aromatic nitrogens is 3. The first-order chi connectivity index (χ1) is 12.9. The van der Waals surface area contributed by atoms with E-state index >= 15 is 0 Å². The minimum Gasteiger partial charge on any atom is -0.252 e. The lowest BCUT2D eigenvalue weighted by molar-refractivity contribution is 1.19. The van der Waals surface area contributed by atoms with Gasteiger partial charge in [-0.05, 0) is 17.5 Å². The zero-order valence-corrected chi connectivity index (χ0v) is 14.0. The Labute approximate surface area is 151 Å². The van der Waals surface area contributed by atoms with Gasteiger partial charge in [0, 0.05) is 22.5 Å². The molecule has 5 rings (SSSR count). The molecule has 0 spiro atoms. The Morgan fingerprint density at radius 3 is 2.15 bits per heavy atom. The first-order valence-corrected chi connectivity index (χ1v) is 8.56. The molecule has 0 fully saturated rings. The van der Waals surface area contributed by atoms with Crippen LogP contribution in [-0.4, -0.2) is 15.0 Å². The smallest absolute Gasteiger partial charge is 0.179 e. The molecule has 0 bridgehead atoms. The molecule has 0 saturated heterocycles. The Hall–Kier alpha value is -3.59. The Balaban J connectivity index is 1.84. The van der Waals surface area contributed by atoms with E-state index in [-0.39, 0.29) is 0 Å². The number of benzene rings is 3. The molecule has 3 nitrogen and oxygen atoms in total. The van der Waals surface area contributed by atoms with Crippen molar-refractivity contribution in [2.45, 2.75) is 0 Å². The number of hydrogen-bond acceptors (Lipinski definition) is 3. The molecule has 0 saturated carbocycles. The standard InChI is InChI=1S/C23H15N3/c1-2-9-17(10-3-1)21-19-12-6-7-13-20(19)25-23(26-21)22-18-11-5-4-8-16(18)14-15-24-22/h1-15H. The van der Waals surface area contributed by atoms with E-state index < -0.39 is 0 Å². The fourth-order valence-electron chi connectivity index (χ4n) is 3.30. The third-order valence-electron chi connectivity index (χ3n) is 4.54. The summed E-state index contributed by atoms with van der Waals surface area (Å²) in [6.45, 7) is 0. The van der Waals surface area contributed by atoms with Gasteiger partial charge in [-0.2, -0.15) is 0 Å². The monoisotopic (exact) mass is 333 g/mol. The molecule has 2 aromatic heterocycles. The summed E-state index contributed by atoms with van der Waals surface area (Å²) in [5.74, 6) is 0.652. The molecule has 0 N–H and O–H groups in total. The Bertz CT molecular complexity index is 1220. The fraction of sp³-hybridized carbons (Fsp3) is 0. The third-order valence-corrected chi connectivity index (χ3v) is 4.54. The van der Waals surface area contributed by atoms with Crippen LogP contribution in [0.15, 0.2) is 91.1 Å². The number of para-hydroxylation sites is 1. The molecule has 0 aliphatic carbocycles. The predicted octanol–water partition coefficient (Wildman–Crippen LogP) is 5.51. The van der Waals surface area contributed by atoms with Crippen LogP contribution >= 0.6 is 0 Å². The van der Waals surface area contributed by atoms with Gasteiger partial charge in [0.1, 0.15) is 5.69 Å². The van der Waals surface area contributed by atoms with Gasteiger partial charge in [0.15, 0.2) is 5.82 Å². The zero-order valence-electron chi connectivity index (χ0n) is 14.0. The summed E-state index contributed by atoms with van der Waals surface area (Å²) in [5, 5.41) is 3.24. The van der Waals surface area contributed by atoms with E-state index in [0.717, 1.165) is 38.6 Å². The highest BCUT2D eigenvalue weighted by Gasteiger charge is 2.13. The maximum Gasteiger partial charge on any atom is 0.179 e. The molecule has 0 aliphatic heterocycles. The molecule has 2 heterocycles. The van der Waals surface area contributed by atoms with Gasteiger partial charge < -0.3 is 0 Å². The number of pyridine rings is 1. The molecule has 0 radical (unpaired) electrons. The van der Waals surface area contributed by atoms with Gasteiger partial charge in [0.2, 0.25) is 0 Å². The van der Waals surface area contributed by atoms with Crippen molar-refractivity contribution < 1.29 is 0 Å². The van der Waals surface area contributed by atoms with E-state index in [2.05, 4.69) is 35.3 Å². The predicted molar refractivity (Wildman–Crippen MR) is 106 cm³/mol. The van der Waals surface area contributed by atoms with E-state index in [1.807, 2.05) is 60.8 Å². The maximum absolute atomic E-state index is 4.92. The molecule has 0 atom stereocenters. The average molecular weight is 333 g/mol. The van der Waals surface area contributed by atoms with Crippen LogP contribution in [0, 0.1) is 0 Å². The molecule has 122 valence electrons. The third kappa shape index (κ3) is 2.42. The summed E-state index contributed by atoms with van der Waals surface area (Å²) >= 11 is 0. The van der Waals surface area contributed by atoms with E-state index in [4.69, 9.17) is 9.97 Å². The zero-order chi connectivity index (χ0) is 17.3. The molecule has 0 amide bonds. The Kier molecular flexibility index (Phi) is 3.42. The topological polar surface area (TPSA) is 38.7 Å². The van der Waals surface area contributed by atoms with Gasteiger partial charge in [-0.1, -0.05) is 72.8 Å². The minimum absolute atomic E-state index is 0.652. The van der Waals surface area contributed by atoms with Crippen molar-refractivity contribution in [3.63, 3.8) is 0 Å². The molecule has 3 aromatic carbocycles. The lowest BCUT2D eigenvalue weighted by atomic mass is 10.1. The van der Waals surface area contributed by atoms with Crippen LogP contribution in [0.5, 0.6) is 0 Å². The molecular formula is C23H15N3.